The highest BCUT2D eigenvalue weighted by Crippen LogP contribution is 2.26. The van der Waals surface area contributed by atoms with Crippen LogP contribution in [0.3, 0.4) is 0 Å². The Morgan fingerprint density at radius 2 is 1.76 bits per heavy atom. The zero-order chi connectivity index (χ0) is 12.8. The third-order valence-electron chi connectivity index (χ3n) is 3.20. The fourth-order valence-electron chi connectivity index (χ4n) is 2.04. The van der Waals surface area contributed by atoms with E-state index in [1.807, 2.05) is 0 Å². The van der Waals surface area contributed by atoms with E-state index in [2.05, 4.69) is 0 Å². The maximum absolute atomic E-state index is 11.6. The van der Waals surface area contributed by atoms with Crippen LogP contribution in [0.15, 0.2) is 0 Å². The summed E-state index contributed by atoms with van der Waals surface area (Å²) in [6, 6.07) is -1.58. The van der Waals surface area contributed by atoms with E-state index in [-0.39, 0.29) is 12.5 Å². The van der Waals surface area contributed by atoms with Gasteiger partial charge in [0.25, 0.3) is 0 Å². The van der Waals surface area contributed by atoms with E-state index in [9.17, 15) is 9.59 Å². The molecule has 0 spiro atoms. The Morgan fingerprint density at radius 3 is 2.29 bits per heavy atom. The Kier molecular flexibility index (Phi) is 5.37. The molecule has 1 fully saturated rings. The molecule has 0 aromatic carbocycles. The number of rotatable bonds is 5. The average Bonchev–Trinajstić information content (AvgIpc) is 2.35. The molecule has 0 aliphatic heterocycles. The van der Waals surface area contributed by atoms with Crippen molar-refractivity contribution in [2.45, 2.75) is 44.2 Å². The minimum Gasteiger partial charge on any atom is -0.462 e. The number of esters is 1. The molecule has 98 valence electrons. The predicted molar refractivity (Wildman–Crippen MR) is 62.7 cm³/mol. The highest BCUT2D eigenvalue weighted by molar-refractivity contribution is 5.81. The van der Waals surface area contributed by atoms with Gasteiger partial charge >= 0.3 is 5.97 Å². The van der Waals surface area contributed by atoms with Gasteiger partial charge in [0.1, 0.15) is 18.7 Å². The molecule has 2 atom stereocenters. The van der Waals surface area contributed by atoms with Gasteiger partial charge in [0.2, 0.25) is 5.91 Å². The van der Waals surface area contributed by atoms with Gasteiger partial charge in [-0.25, -0.2) is 0 Å². The molecule has 1 aliphatic carbocycles. The van der Waals surface area contributed by atoms with E-state index in [1.165, 1.54) is 6.42 Å². The van der Waals surface area contributed by atoms with Crippen molar-refractivity contribution in [1.29, 1.82) is 0 Å². The second kappa shape index (κ2) is 6.56. The van der Waals surface area contributed by atoms with Crippen molar-refractivity contribution in [2.24, 2.45) is 23.1 Å². The van der Waals surface area contributed by atoms with Gasteiger partial charge in [0.15, 0.2) is 0 Å². The lowest BCUT2D eigenvalue weighted by Gasteiger charge is -2.26. The number of hydrogen-bond donors (Lipinski definition) is 3. The Labute approximate surface area is 101 Å². The van der Waals surface area contributed by atoms with Crippen molar-refractivity contribution >= 4 is 11.9 Å². The Balaban J connectivity index is 2.33. The van der Waals surface area contributed by atoms with E-state index in [0.717, 1.165) is 25.7 Å². The van der Waals surface area contributed by atoms with Gasteiger partial charge in [-0.2, -0.15) is 0 Å². The summed E-state index contributed by atoms with van der Waals surface area (Å²) in [5.41, 5.74) is 16.1. The molecule has 6 heteroatoms. The molecular weight excluding hydrogens is 222 g/mol. The molecule has 0 radical (unpaired) electrons. The van der Waals surface area contributed by atoms with Crippen LogP contribution in [0, 0.1) is 5.92 Å². The first kappa shape index (κ1) is 13.9. The van der Waals surface area contributed by atoms with Gasteiger partial charge in [-0.05, 0) is 18.8 Å². The largest absolute Gasteiger partial charge is 0.462 e. The maximum atomic E-state index is 11.6. The Hall–Kier alpha value is -1.14. The van der Waals surface area contributed by atoms with Crippen molar-refractivity contribution < 1.29 is 14.3 Å². The summed E-state index contributed by atoms with van der Waals surface area (Å²) in [5, 5.41) is 0. The number of hydrogen-bond acceptors (Lipinski definition) is 5. The topological polar surface area (TPSA) is 121 Å². The van der Waals surface area contributed by atoms with Crippen LogP contribution in [0.1, 0.15) is 32.1 Å². The smallest absolute Gasteiger partial charge is 0.323 e. The monoisotopic (exact) mass is 243 g/mol. The molecule has 0 aromatic heterocycles. The number of nitrogens with two attached hydrogens (primary N) is 3. The maximum Gasteiger partial charge on any atom is 0.323 e. The molecule has 0 saturated heterocycles. The lowest BCUT2D eigenvalue weighted by Crippen LogP contribution is -2.45. The lowest BCUT2D eigenvalue weighted by atomic mass is 9.84. The van der Waals surface area contributed by atoms with Crippen molar-refractivity contribution in [3.05, 3.63) is 0 Å². The number of carbonyl (C=O) groups is 2. The van der Waals surface area contributed by atoms with Crippen LogP contribution in [0.5, 0.6) is 0 Å². The van der Waals surface area contributed by atoms with Crippen molar-refractivity contribution in [1.82, 2.24) is 0 Å². The van der Waals surface area contributed by atoms with E-state index in [0.29, 0.717) is 0 Å². The number of primary amides is 1. The highest BCUT2D eigenvalue weighted by atomic mass is 16.5. The Bertz CT molecular complexity index is 277. The molecule has 1 saturated carbocycles. The minimum atomic E-state index is -0.961. The summed E-state index contributed by atoms with van der Waals surface area (Å²) in [7, 11) is 0. The number of ether oxygens (including phenoxy) is 1. The van der Waals surface area contributed by atoms with Crippen molar-refractivity contribution in [3.63, 3.8) is 0 Å². The Morgan fingerprint density at radius 1 is 1.18 bits per heavy atom. The highest BCUT2D eigenvalue weighted by Gasteiger charge is 2.27. The average molecular weight is 243 g/mol. The van der Waals surface area contributed by atoms with E-state index >= 15 is 0 Å². The van der Waals surface area contributed by atoms with Gasteiger partial charge in [-0.1, -0.05) is 19.3 Å². The van der Waals surface area contributed by atoms with Crippen LogP contribution in [0.4, 0.5) is 0 Å². The van der Waals surface area contributed by atoms with Crippen LogP contribution in [0.2, 0.25) is 0 Å². The van der Waals surface area contributed by atoms with E-state index in [1.54, 1.807) is 0 Å². The lowest BCUT2D eigenvalue weighted by molar-refractivity contribution is -0.148. The van der Waals surface area contributed by atoms with Crippen LogP contribution < -0.4 is 17.2 Å². The van der Waals surface area contributed by atoms with Gasteiger partial charge in [-0.3, -0.25) is 9.59 Å². The standard InChI is InChI=1S/C11H21N3O3/c12-8(10(14)15)6-17-11(16)9(13)7-4-2-1-3-5-7/h7-9H,1-6,12-13H2,(H2,14,15). The second-order valence-electron chi connectivity index (χ2n) is 4.56. The fourth-order valence-corrected chi connectivity index (χ4v) is 2.04. The van der Waals surface area contributed by atoms with Gasteiger partial charge in [0, 0.05) is 0 Å². The van der Waals surface area contributed by atoms with Crippen LogP contribution in [-0.4, -0.2) is 30.6 Å². The first-order chi connectivity index (χ1) is 8.02. The number of carbonyl (C=O) groups excluding carboxylic acids is 2. The molecular formula is C11H21N3O3. The van der Waals surface area contributed by atoms with Gasteiger partial charge < -0.3 is 21.9 Å². The normalized spacial score (nSPS) is 20.6. The van der Waals surface area contributed by atoms with Crippen molar-refractivity contribution in [2.75, 3.05) is 6.61 Å². The molecule has 17 heavy (non-hydrogen) atoms. The van der Waals surface area contributed by atoms with Crippen LogP contribution >= 0.6 is 0 Å². The molecule has 0 bridgehead atoms. The van der Waals surface area contributed by atoms with Crippen molar-refractivity contribution in [3.8, 4) is 0 Å². The molecule has 0 heterocycles. The summed E-state index contributed by atoms with van der Waals surface area (Å²) in [4.78, 5) is 22.3. The molecule has 2 unspecified atom stereocenters. The summed E-state index contributed by atoms with van der Waals surface area (Å²) in [5.74, 6) is -1.00. The zero-order valence-corrected chi connectivity index (χ0v) is 9.93. The van der Waals surface area contributed by atoms with Gasteiger partial charge in [-0.15, -0.1) is 0 Å². The van der Waals surface area contributed by atoms with E-state index in [4.69, 9.17) is 21.9 Å². The minimum absolute atomic E-state index is 0.182. The second-order valence-corrected chi connectivity index (χ2v) is 4.56. The molecule has 1 amide bonds. The van der Waals surface area contributed by atoms with Crippen LogP contribution in [-0.2, 0) is 14.3 Å². The summed E-state index contributed by atoms with van der Waals surface area (Å²) < 4.78 is 4.89. The third-order valence-corrected chi connectivity index (χ3v) is 3.20. The molecule has 6 N–H and O–H groups in total. The summed E-state index contributed by atoms with van der Waals surface area (Å²) in [6.07, 6.45) is 5.32. The quantitative estimate of drug-likeness (QED) is 0.548. The van der Waals surface area contributed by atoms with Crippen LogP contribution in [0.25, 0.3) is 0 Å². The molecule has 0 aromatic rings. The third kappa shape index (κ3) is 4.32. The number of amides is 1. The molecule has 1 aliphatic rings. The predicted octanol–water partition coefficient (Wildman–Crippen LogP) is -0.750. The first-order valence-electron chi connectivity index (χ1n) is 5.99. The van der Waals surface area contributed by atoms with E-state index < -0.39 is 24.0 Å². The fraction of sp³-hybridized carbons (Fsp3) is 0.818. The molecule has 6 nitrogen and oxygen atoms in total. The zero-order valence-electron chi connectivity index (χ0n) is 9.93. The summed E-state index contributed by atoms with van der Waals surface area (Å²) >= 11 is 0. The first-order valence-corrected chi connectivity index (χ1v) is 5.99. The summed E-state index contributed by atoms with van der Waals surface area (Å²) in [6.45, 7) is -0.200. The SMILES string of the molecule is NC(=O)C(N)COC(=O)C(N)C1CCCCC1. The molecule has 1 rings (SSSR count). The van der Waals surface area contributed by atoms with Gasteiger partial charge in [0.05, 0.1) is 0 Å².